The summed E-state index contributed by atoms with van der Waals surface area (Å²) >= 11 is 0. The van der Waals surface area contributed by atoms with E-state index in [-0.39, 0.29) is 11.8 Å². The first-order valence-corrected chi connectivity index (χ1v) is 8.05. The van der Waals surface area contributed by atoms with Crippen molar-refractivity contribution in [3.63, 3.8) is 0 Å². The van der Waals surface area contributed by atoms with Crippen LogP contribution in [0, 0.1) is 5.82 Å². The molecule has 1 atom stereocenters. The Morgan fingerprint density at radius 1 is 1.12 bits per heavy atom. The average molecular weight is 337 g/mol. The van der Waals surface area contributed by atoms with E-state index in [4.69, 9.17) is 0 Å². The molecule has 2 aromatic heterocycles. The molecule has 0 saturated carbocycles. The van der Waals surface area contributed by atoms with Crippen LogP contribution in [0.25, 0.3) is 5.52 Å². The molecule has 1 fully saturated rings. The number of rotatable bonds is 2. The molecule has 5 nitrogen and oxygen atoms in total. The molecule has 1 saturated heterocycles. The zero-order valence-corrected chi connectivity index (χ0v) is 13.4. The van der Waals surface area contributed by atoms with Crippen molar-refractivity contribution in [2.75, 3.05) is 13.1 Å². The lowest BCUT2D eigenvalue weighted by Gasteiger charge is -2.35. The maximum absolute atomic E-state index is 13.6. The fourth-order valence-corrected chi connectivity index (χ4v) is 3.27. The van der Waals surface area contributed by atoms with Gasteiger partial charge in [-0.05, 0) is 42.0 Å². The third-order valence-corrected chi connectivity index (χ3v) is 4.42. The molecule has 1 unspecified atom stereocenters. The van der Waals surface area contributed by atoms with Crippen molar-refractivity contribution in [3.05, 3.63) is 77.9 Å². The van der Waals surface area contributed by atoms with E-state index in [0.717, 1.165) is 5.52 Å². The Kier molecular flexibility index (Phi) is 3.72. The lowest BCUT2D eigenvalue weighted by Crippen LogP contribution is -2.52. The van der Waals surface area contributed by atoms with Crippen LogP contribution in [0.4, 0.5) is 4.39 Å². The Balaban J connectivity index is 1.76. The number of nitrogens with zero attached hydrogens (tertiary/aromatic N) is 2. The van der Waals surface area contributed by atoms with Gasteiger partial charge in [0.25, 0.3) is 5.91 Å². The maximum Gasteiger partial charge on any atom is 0.271 e. The third-order valence-electron chi connectivity index (χ3n) is 4.42. The smallest absolute Gasteiger partial charge is 0.271 e. The van der Waals surface area contributed by atoms with Crippen LogP contribution in [0.1, 0.15) is 22.1 Å². The number of carbonyl (C=O) groups is 2. The van der Waals surface area contributed by atoms with Gasteiger partial charge < -0.3 is 14.6 Å². The van der Waals surface area contributed by atoms with E-state index in [1.807, 2.05) is 30.5 Å². The normalized spacial score (nSPS) is 17.6. The molecular formula is C19H16FN3O2. The number of pyridine rings is 1. The predicted molar refractivity (Wildman–Crippen MR) is 90.6 cm³/mol. The SMILES string of the molecule is O=C1NCCN(C(=O)c2ccc3ccccn23)C1c1cccc(F)c1. The topological polar surface area (TPSA) is 53.8 Å². The Bertz CT molecular complexity index is 966. The Hall–Kier alpha value is -3.15. The van der Waals surface area contributed by atoms with Crippen LogP contribution in [0.2, 0.25) is 0 Å². The molecule has 0 bridgehead atoms. The van der Waals surface area contributed by atoms with Gasteiger partial charge in [-0.3, -0.25) is 9.59 Å². The summed E-state index contributed by atoms with van der Waals surface area (Å²) in [4.78, 5) is 27.0. The standard InChI is InChI=1S/C19H16FN3O2/c20-14-5-3-4-13(12-14)17-18(24)21-9-11-23(17)19(25)16-8-7-15-6-1-2-10-22(15)16/h1-8,10,12,17H,9,11H2,(H,21,24). The van der Waals surface area contributed by atoms with Crippen molar-refractivity contribution in [2.45, 2.75) is 6.04 Å². The summed E-state index contributed by atoms with van der Waals surface area (Å²) in [6.07, 6.45) is 1.81. The lowest BCUT2D eigenvalue weighted by molar-refractivity contribution is -0.128. The number of nitrogens with one attached hydrogen (secondary N) is 1. The summed E-state index contributed by atoms with van der Waals surface area (Å²) in [5, 5.41) is 2.76. The summed E-state index contributed by atoms with van der Waals surface area (Å²) in [7, 11) is 0. The fraction of sp³-hybridized carbons (Fsp3) is 0.158. The van der Waals surface area contributed by atoms with Crippen molar-refractivity contribution >= 4 is 17.3 Å². The number of amides is 2. The first-order valence-electron chi connectivity index (χ1n) is 8.05. The van der Waals surface area contributed by atoms with E-state index >= 15 is 0 Å². The van der Waals surface area contributed by atoms with Crippen molar-refractivity contribution in [3.8, 4) is 0 Å². The van der Waals surface area contributed by atoms with Crippen LogP contribution in [0.15, 0.2) is 60.8 Å². The Morgan fingerprint density at radius 2 is 2.00 bits per heavy atom. The minimum absolute atomic E-state index is 0.254. The molecule has 3 heterocycles. The van der Waals surface area contributed by atoms with Gasteiger partial charge in [-0.2, -0.15) is 0 Å². The van der Waals surface area contributed by atoms with Crippen LogP contribution < -0.4 is 5.32 Å². The highest BCUT2D eigenvalue weighted by molar-refractivity contribution is 5.98. The van der Waals surface area contributed by atoms with E-state index in [1.165, 1.54) is 17.0 Å². The quantitative estimate of drug-likeness (QED) is 0.781. The van der Waals surface area contributed by atoms with Gasteiger partial charge >= 0.3 is 0 Å². The summed E-state index contributed by atoms with van der Waals surface area (Å²) in [5.74, 6) is -0.988. The second kappa shape index (κ2) is 6.05. The predicted octanol–water partition coefficient (Wildman–Crippen LogP) is 2.39. The van der Waals surface area contributed by atoms with Gasteiger partial charge in [0.1, 0.15) is 17.6 Å². The Morgan fingerprint density at radius 3 is 2.84 bits per heavy atom. The molecule has 1 N–H and O–H groups in total. The van der Waals surface area contributed by atoms with Crippen LogP contribution in [-0.2, 0) is 4.79 Å². The number of hydrogen-bond donors (Lipinski definition) is 1. The van der Waals surface area contributed by atoms with Crippen LogP contribution >= 0.6 is 0 Å². The number of hydrogen-bond acceptors (Lipinski definition) is 2. The number of benzene rings is 1. The number of piperazine rings is 1. The number of halogens is 1. The van der Waals surface area contributed by atoms with Crippen molar-refractivity contribution in [1.82, 2.24) is 14.6 Å². The highest BCUT2D eigenvalue weighted by Crippen LogP contribution is 2.26. The van der Waals surface area contributed by atoms with Gasteiger partial charge in [0.2, 0.25) is 5.91 Å². The van der Waals surface area contributed by atoms with Gasteiger partial charge in [-0.25, -0.2) is 4.39 Å². The summed E-state index contributed by atoms with van der Waals surface area (Å²) in [6, 6.07) is 14.2. The third kappa shape index (κ3) is 2.65. The number of carbonyl (C=O) groups excluding carboxylic acids is 2. The molecular weight excluding hydrogens is 321 g/mol. The molecule has 1 aliphatic rings. The first-order chi connectivity index (χ1) is 12.1. The fourth-order valence-electron chi connectivity index (χ4n) is 3.27. The molecule has 6 heteroatoms. The van der Waals surface area contributed by atoms with Crippen molar-refractivity contribution in [1.29, 1.82) is 0 Å². The lowest BCUT2D eigenvalue weighted by atomic mass is 10.0. The molecule has 0 spiro atoms. The zero-order chi connectivity index (χ0) is 17.4. The maximum atomic E-state index is 13.6. The van der Waals surface area contributed by atoms with Gasteiger partial charge in [-0.15, -0.1) is 0 Å². The molecule has 1 aliphatic heterocycles. The molecule has 0 aliphatic carbocycles. The van der Waals surface area contributed by atoms with Gasteiger partial charge in [0, 0.05) is 24.8 Å². The molecule has 4 rings (SSSR count). The Labute approximate surface area is 143 Å². The monoisotopic (exact) mass is 337 g/mol. The van der Waals surface area contributed by atoms with Crippen molar-refractivity contribution < 1.29 is 14.0 Å². The average Bonchev–Trinajstić information content (AvgIpc) is 3.05. The van der Waals surface area contributed by atoms with Gasteiger partial charge in [0.05, 0.1) is 0 Å². The van der Waals surface area contributed by atoms with Crippen LogP contribution in [0.3, 0.4) is 0 Å². The number of aromatic nitrogens is 1. The molecule has 2 amide bonds. The van der Waals surface area contributed by atoms with E-state index in [2.05, 4.69) is 5.32 Å². The zero-order valence-electron chi connectivity index (χ0n) is 13.4. The van der Waals surface area contributed by atoms with E-state index in [9.17, 15) is 14.0 Å². The molecule has 25 heavy (non-hydrogen) atoms. The van der Waals surface area contributed by atoms with E-state index < -0.39 is 11.9 Å². The second-order valence-electron chi connectivity index (χ2n) is 5.96. The second-order valence-corrected chi connectivity index (χ2v) is 5.96. The van der Waals surface area contributed by atoms with Crippen LogP contribution in [0.5, 0.6) is 0 Å². The van der Waals surface area contributed by atoms with Gasteiger partial charge in [-0.1, -0.05) is 18.2 Å². The highest BCUT2D eigenvalue weighted by Gasteiger charge is 2.35. The van der Waals surface area contributed by atoms with Crippen molar-refractivity contribution in [2.24, 2.45) is 0 Å². The highest BCUT2D eigenvalue weighted by atomic mass is 19.1. The molecule has 0 radical (unpaired) electrons. The van der Waals surface area contributed by atoms with E-state index in [0.29, 0.717) is 24.3 Å². The number of fused-ring (bicyclic) bond motifs is 1. The minimum Gasteiger partial charge on any atom is -0.352 e. The molecule has 3 aromatic rings. The van der Waals surface area contributed by atoms with Crippen LogP contribution in [-0.4, -0.2) is 34.2 Å². The summed E-state index contributed by atoms with van der Waals surface area (Å²) < 4.78 is 15.4. The first kappa shape index (κ1) is 15.4. The summed E-state index contributed by atoms with van der Waals surface area (Å²) in [5.41, 5.74) is 1.84. The minimum atomic E-state index is -0.841. The molecule has 126 valence electrons. The molecule has 1 aromatic carbocycles. The summed E-state index contributed by atoms with van der Waals surface area (Å²) in [6.45, 7) is 0.742. The van der Waals surface area contributed by atoms with E-state index in [1.54, 1.807) is 22.6 Å². The largest absolute Gasteiger partial charge is 0.352 e. The van der Waals surface area contributed by atoms with Gasteiger partial charge in [0.15, 0.2) is 0 Å².